The molecular formula is C8H15N3O5. The molecule has 5 N–H and O–H groups in total. The normalized spacial score (nSPS) is 18.1. The zero-order chi connectivity index (χ0) is 12.0. The van der Waals surface area contributed by atoms with Crippen molar-refractivity contribution in [3.8, 4) is 0 Å². The fourth-order valence-corrected chi connectivity index (χ4v) is 1.05. The van der Waals surface area contributed by atoms with Gasteiger partial charge in [-0.2, -0.15) is 0 Å². The van der Waals surface area contributed by atoms with Gasteiger partial charge in [-0.25, -0.2) is 4.79 Å². The standard InChI is InChI=1S/C8H15N3O5/c9-5(7(12)13)3-10-8(14)11-4-6-15-1-2-16-6/h5-6H,1-4,9H2,(H,12,13)(H2,10,11,14). The van der Waals surface area contributed by atoms with Crippen LogP contribution in [0, 0.1) is 0 Å². The molecule has 0 aliphatic carbocycles. The van der Waals surface area contributed by atoms with E-state index in [2.05, 4.69) is 10.6 Å². The molecule has 1 aliphatic rings. The van der Waals surface area contributed by atoms with Crippen molar-refractivity contribution in [1.29, 1.82) is 0 Å². The largest absolute Gasteiger partial charge is 0.480 e. The highest BCUT2D eigenvalue weighted by molar-refractivity contribution is 5.77. The molecule has 0 aromatic carbocycles. The number of urea groups is 1. The molecule has 1 aliphatic heterocycles. The lowest BCUT2D eigenvalue weighted by atomic mass is 10.3. The molecule has 0 aromatic rings. The van der Waals surface area contributed by atoms with Crippen molar-refractivity contribution in [1.82, 2.24) is 10.6 Å². The van der Waals surface area contributed by atoms with Gasteiger partial charge in [-0.1, -0.05) is 0 Å². The molecule has 0 spiro atoms. The number of carbonyl (C=O) groups is 2. The minimum atomic E-state index is -1.16. The van der Waals surface area contributed by atoms with Crippen LogP contribution in [0.1, 0.15) is 0 Å². The molecule has 16 heavy (non-hydrogen) atoms. The third-order valence-corrected chi connectivity index (χ3v) is 1.92. The van der Waals surface area contributed by atoms with Gasteiger partial charge in [-0.15, -0.1) is 0 Å². The average molecular weight is 233 g/mol. The zero-order valence-corrected chi connectivity index (χ0v) is 8.64. The molecule has 1 fully saturated rings. The highest BCUT2D eigenvalue weighted by Gasteiger charge is 2.17. The third-order valence-electron chi connectivity index (χ3n) is 1.92. The predicted octanol–water partition coefficient (Wildman–Crippen LogP) is -1.93. The number of aliphatic carboxylic acids is 1. The Bertz CT molecular complexity index is 254. The van der Waals surface area contributed by atoms with Crippen LogP contribution in [0.2, 0.25) is 0 Å². The predicted molar refractivity (Wildman–Crippen MR) is 52.7 cm³/mol. The maximum atomic E-state index is 11.1. The molecular weight excluding hydrogens is 218 g/mol. The van der Waals surface area contributed by atoms with Crippen LogP contribution in [-0.4, -0.2) is 55.7 Å². The molecule has 0 saturated carbocycles. The van der Waals surface area contributed by atoms with E-state index in [9.17, 15) is 9.59 Å². The Morgan fingerprint density at radius 2 is 2.00 bits per heavy atom. The van der Waals surface area contributed by atoms with Crippen molar-refractivity contribution < 1.29 is 24.2 Å². The van der Waals surface area contributed by atoms with Crippen molar-refractivity contribution in [2.75, 3.05) is 26.3 Å². The third kappa shape index (κ3) is 4.43. The molecule has 0 bridgehead atoms. The summed E-state index contributed by atoms with van der Waals surface area (Å²) < 4.78 is 10.2. The molecule has 1 saturated heterocycles. The Kier molecular flexibility index (Phi) is 4.96. The first-order valence-corrected chi connectivity index (χ1v) is 4.83. The topological polar surface area (TPSA) is 123 Å². The quantitative estimate of drug-likeness (QED) is 0.438. The summed E-state index contributed by atoms with van der Waals surface area (Å²) in [6.07, 6.45) is -0.432. The van der Waals surface area contributed by atoms with Crippen LogP contribution in [-0.2, 0) is 14.3 Å². The van der Waals surface area contributed by atoms with Gasteiger partial charge in [0.1, 0.15) is 6.04 Å². The molecule has 92 valence electrons. The first kappa shape index (κ1) is 12.7. The van der Waals surface area contributed by atoms with Crippen LogP contribution in [0.15, 0.2) is 0 Å². The number of ether oxygens (including phenoxy) is 2. The second-order valence-electron chi connectivity index (χ2n) is 3.21. The molecule has 1 atom stereocenters. The van der Waals surface area contributed by atoms with Crippen molar-refractivity contribution >= 4 is 12.0 Å². The Hall–Kier alpha value is -1.38. The Morgan fingerprint density at radius 3 is 2.56 bits per heavy atom. The molecule has 1 unspecified atom stereocenters. The van der Waals surface area contributed by atoms with Gasteiger partial charge in [-0.3, -0.25) is 4.79 Å². The van der Waals surface area contributed by atoms with E-state index in [1.54, 1.807) is 0 Å². The summed E-state index contributed by atoms with van der Waals surface area (Å²) >= 11 is 0. The molecule has 1 heterocycles. The van der Waals surface area contributed by atoms with Crippen LogP contribution in [0.5, 0.6) is 0 Å². The lowest BCUT2D eigenvalue weighted by molar-refractivity contribution is -0.138. The van der Waals surface area contributed by atoms with Gasteiger partial charge in [-0.05, 0) is 0 Å². The number of rotatable bonds is 5. The number of carboxylic acid groups (broad SMARTS) is 1. The Balaban J connectivity index is 2.08. The maximum Gasteiger partial charge on any atom is 0.322 e. The Labute approximate surface area is 92.1 Å². The first-order chi connectivity index (χ1) is 7.59. The molecule has 1 rings (SSSR count). The van der Waals surface area contributed by atoms with E-state index in [1.807, 2.05) is 0 Å². The van der Waals surface area contributed by atoms with Crippen molar-refractivity contribution in [2.24, 2.45) is 5.73 Å². The zero-order valence-electron chi connectivity index (χ0n) is 8.64. The summed E-state index contributed by atoms with van der Waals surface area (Å²) in [6, 6.07) is -1.61. The Morgan fingerprint density at radius 1 is 1.38 bits per heavy atom. The number of nitrogens with two attached hydrogens (primary N) is 1. The molecule has 0 aromatic heterocycles. The van der Waals surface area contributed by atoms with E-state index >= 15 is 0 Å². The van der Waals surface area contributed by atoms with Gasteiger partial charge in [0.05, 0.1) is 19.8 Å². The smallest absolute Gasteiger partial charge is 0.322 e. The highest BCUT2D eigenvalue weighted by Crippen LogP contribution is 2.00. The second-order valence-corrected chi connectivity index (χ2v) is 3.21. The molecule has 8 heteroatoms. The number of carboxylic acids is 1. The van der Waals surface area contributed by atoms with Gasteiger partial charge in [0, 0.05) is 6.54 Å². The van der Waals surface area contributed by atoms with Crippen LogP contribution in [0.3, 0.4) is 0 Å². The minimum Gasteiger partial charge on any atom is -0.480 e. The number of nitrogens with one attached hydrogen (secondary N) is 2. The summed E-state index contributed by atoms with van der Waals surface area (Å²) in [5.74, 6) is -1.16. The van der Waals surface area contributed by atoms with Crippen LogP contribution < -0.4 is 16.4 Å². The lowest BCUT2D eigenvalue weighted by Crippen LogP contribution is -2.47. The minimum absolute atomic E-state index is 0.131. The SMILES string of the molecule is NC(CNC(=O)NCC1OCCO1)C(=O)O. The summed E-state index contributed by atoms with van der Waals surface area (Å²) in [6.45, 7) is 1.11. The average Bonchev–Trinajstić information content (AvgIpc) is 2.75. The number of carbonyl (C=O) groups excluding carboxylic acids is 1. The fraction of sp³-hybridized carbons (Fsp3) is 0.750. The summed E-state index contributed by atoms with van der Waals surface area (Å²) in [7, 11) is 0. The van der Waals surface area contributed by atoms with E-state index in [4.69, 9.17) is 20.3 Å². The van der Waals surface area contributed by atoms with Crippen molar-refractivity contribution in [2.45, 2.75) is 12.3 Å². The summed E-state index contributed by atoms with van der Waals surface area (Å²) in [5, 5.41) is 13.3. The van der Waals surface area contributed by atoms with Gasteiger partial charge in [0.25, 0.3) is 0 Å². The molecule has 0 radical (unpaired) electrons. The fourth-order valence-electron chi connectivity index (χ4n) is 1.05. The number of hydrogen-bond donors (Lipinski definition) is 4. The van der Waals surface area contributed by atoms with E-state index in [1.165, 1.54) is 0 Å². The number of amides is 2. The van der Waals surface area contributed by atoms with Crippen molar-refractivity contribution in [3.05, 3.63) is 0 Å². The second kappa shape index (κ2) is 6.26. The number of hydrogen-bond acceptors (Lipinski definition) is 5. The van der Waals surface area contributed by atoms with Gasteiger partial charge >= 0.3 is 12.0 Å². The summed E-state index contributed by atoms with van der Waals surface area (Å²) in [5.41, 5.74) is 5.19. The van der Waals surface area contributed by atoms with E-state index < -0.39 is 24.3 Å². The molecule has 8 nitrogen and oxygen atoms in total. The van der Waals surface area contributed by atoms with Gasteiger partial charge in [0.2, 0.25) is 0 Å². The van der Waals surface area contributed by atoms with Crippen LogP contribution in [0.4, 0.5) is 4.79 Å². The van der Waals surface area contributed by atoms with E-state index in [-0.39, 0.29) is 13.1 Å². The molecule has 2 amide bonds. The van der Waals surface area contributed by atoms with E-state index in [0.29, 0.717) is 13.2 Å². The maximum absolute atomic E-state index is 11.1. The monoisotopic (exact) mass is 233 g/mol. The van der Waals surface area contributed by atoms with Gasteiger partial charge in [0.15, 0.2) is 6.29 Å². The van der Waals surface area contributed by atoms with E-state index in [0.717, 1.165) is 0 Å². The van der Waals surface area contributed by atoms with Crippen molar-refractivity contribution in [3.63, 3.8) is 0 Å². The highest BCUT2D eigenvalue weighted by atomic mass is 16.7. The van der Waals surface area contributed by atoms with Gasteiger partial charge < -0.3 is 30.9 Å². The first-order valence-electron chi connectivity index (χ1n) is 4.83. The summed E-state index contributed by atoms with van der Waals surface area (Å²) in [4.78, 5) is 21.5. The lowest BCUT2D eigenvalue weighted by Gasteiger charge is -2.12. The van der Waals surface area contributed by atoms with Crippen LogP contribution in [0.25, 0.3) is 0 Å². The van der Waals surface area contributed by atoms with Crippen LogP contribution >= 0.6 is 0 Å².